The van der Waals surface area contributed by atoms with Gasteiger partial charge in [0.05, 0.1) is 17.8 Å². The number of hydrogen-bond acceptors (Lipinski definition) is 3. The van der Waals surface area contributed by atoms with Crippen molar-refractivity contribution in [1.82, 2.24) is 0 Å². The van der Waals surface area contributed by atoms with Crippen LogP contribution in [-0.2, 0) is 0 Å². The van der Waals surface area contributed by atoms with Crippen LogP contribution in [-0.4, -0.2) is 33.5 Å². The van der Waals surface area contributed by atoms with E-state index in [-0.39, 0.29) is 12.0 Å². The average Bonchev–Trinajstić information content (AvgIpc) is 3.16. The average molecular weight is 385 g/mol. The molecule has 2 aliphatic rings. The Morgan fingerprint density at radius 2 is 2.11 bits per heavy atom. The van der Waals surface area contributed by atoms with E-state index in [2.05, 4.69) is 13.0 Å². The van der Waals surface area contributed by atoms with Crippen molar-refractivity contribution in [3.63, 3.8) is 0 Å². The third kappa shape index (κ3) is 5.12. The Labute approximate surface area is 167 Å². The van der Waals surface area contributed by atoms with E-state index in [0.29, 0.717) is 17.4 Å². The van der Waals surface area contributed by atoms with E-state index in [4.69, 9.17) is 5.11 Å². The van der Waals surface area contributed by atoms with Gasteiger partial charge >= 0.3 is 5.97 Å². The SMILES string of the molecule is CCCCC[C@H](O)/C=C/[C@H]1[C@@H]2CC(=Cc3cccc(C(=O)O)c3)C[C@@H]2C[C@@H]1O. The molecule has 0 radical (unpaired) electrons. The summed E-state index contributed by atoms with van der Waals surface area (Å²) in [6.45, 7) is 2.15. The first-order chi connectivity index (χ1) is 13.5. The smallest absolute Gasteiger partial charge is 0.335 e. The lowest BCUT2D eigenvalue weighted by Gasteiger charge is -2.17. The maximum absolute atomic E-state index is 11.2. The zero-order valence-corrected chi connectivity index (χ0v) is 16.6. The second-order valence-electron chi connectivity index (χ2n) is 8.39. The summed E-state index contributed by atoms with van der Waals surface area (Å²) in [6, 6.07) is 7.03. The maximum atomic E-state index is 11.2. The minimum Gasteiger partial charge on any atom is -0.478 e. The number of benzene rings is 1. The second-order valence-corrected chi connectivity index (χ2v) is 8.39. The van der Waals surface area contributed by atoms with Gasteiger partial charge in [0, 0.05) is 5.92 Å². The number of hydrogen-bond donors (Lipinski definition) is 3. The molecule has 0 heterocycles. The van der Waals surface area contributed by atoms with Crippen molar-refractivity contribution in [2.45, 2.75) is 64.1 Å². The van der Waals surface area contributed by atoms with Gasteiger partial charge < -0.3 is 15.3 Å². The van der Waals surface area contributed by atoms with Crippen molar-refractivity contribution < 1.29 is 20.1 Å². The number of unbranched alkanes of at least 4 members (excludes halogenated alkanes) is 2. The molecule has 3 N–H and O–H groups in total. The fraction of sp³-hybridized carbons (Fsp3) is 0.542. The van der Waals surface area contributed by atoms with Crippen molar-refractivity contribution in [3.05, 3.63) is 53.1 Å². The van der Waals surface area contributed by atoms with Crippen LogP contribution in [0.1, 0.15) is 67.8 Å². The van der Waals surface area contributed by atoms with Gasteiger partial charge in [-0.25, -0.2) is 4.79 Å². The Morgan fingerprint density at radius 3 is 2.86 bits per heavy atom. The van der Waals surface area contributed by atoms with E-state index < -0.39 is 12.1 Å². The molecule has 5 atom stereocenters. The molecule has 0 spiro atoms. The zero-order valence-electron chi connectivity index (χ0n) is 16.6. The lowest BCUT2D eigenvalue weighted by molar-refractivity contribution is 0.0696. The normalized spacial score (nSPS) is 29.5. The number of aliphatic hydroxyl groups excluding tert-OH is 2. The van der Waals surface area contributed by atoms with Crippen molar-refractivity contribution in [2.75, 3.05) is 0 Å². The number of carboxylic acid groups (broad SMARTS) is 1. The van der Waals surface area contributed by atoms with Crippen LogP contribution in [0.25, 0.3) is 6.08 Å². The van der Waals surface area contributed by atoms with Crippen LogP contribution >= 0.6 is 0 Å². The van der Waals surface area contributed by atoms with E-state index >= 15 is 0 Å². The summed E-state index contributed by atoms with van der Waals surface area (Å²) in [5, 5.41) is 29.8. The molecule has 1 aromatic carbocycles. The fourth-order valence-electron chi connectivity index (χ4n) is 4.84. The van der Waals surface area contributed by atoms with Crippen molar-refractivity contribution >= 4 is 12.0 Å². The molecule has 3 rings (SSSR count). The molecule has 2 fully saturated rings. The molecule has 4 nitrogen and oxygen atoms in total. The number of carboxylic acids is 1. The fourth-order valence-corrected chi connectivity index (χ4v) is 4.84. The first-order valence-electron chi connectivity index (χ1n) is 10.5. The Hall–Kier alpha value is -1.91. The lowest BCUT2D eigenvalue weighted by atomic mass is 9.90. The van der Waals surface area contributed by atoms with Crippen molar-refractivity contribution in [2.24, 2.45) is 17.8 Å². The molecule has 4 heteroatoms. The van der Waals surface area contributed by atoms with E-state index in [1.807, 2.05) is 18.2 Å². The molecule has 0 bridgehead atoms. The highest BCUT2D eigenvalue weighted by Crippen LogP contribution is 2.50. The summed E-state index contributed by atoms with van der Waals surface area (Å²) in [5.74, 6) is 0.0650. The highest BCUT2D eigenvalue weighted by atomic mass is 16.4. The van der Waals surface area contributed by atoms with Gasteiger partial charge in [-0.3, -0.25) is 0 Å². The monoisotopic (exact) mass is 384 g/mol. The highest BCUT2D eigenvalue weighted by molar-refractivity contribution is 5.88. The summed E-state index contributed by atoms with van der Waals surface area (Å²) in [5.41, 5.74) is 2.56. The highest BCUT2D eigenvalue weighted by Gasteiger charge is 2.45. The molecule has 0 aliphatic heterocycles. The summed E-state index contributed by atoms with van der Waals surface area (Å²) in [6.07, 6.45) is 12.1. The molecule has 152 valence electrons. The first-order valence-corrected chi connectivity index (χ1v) is 10.5. The predicted octanol–water partition coefficient (Wildman–Crippen LogP) is 4.67. The van der Waals surface area contributed by atoms with Crippen LogP contribution in [0.2, 0.25) is 0 Å². The minimum atomic E-state index is -0.908. The first kappa shape index (κ1) is 20.8. The predicted molar refractivity (Wildman–Crippen MR) is 111 cm³/mol. The number of allylic oxidation sites excluding steroid dienone is 1. The van der Waals surface area contributed by atoms with Gasteiger partial charge in [0.2, 0.25) is 0 Å². The Morgan fingerprint density at radius 1 is 1.29 bits per heavy atom. The molecule has 0 unspecified atom stereocenters. The van der Waals surface area contributed by atoms with E-state index in [1.54, 1.807) is 18.2 Å². The number of fused-ring (bicyclic) bond motifs is 1. The van der Waals surface area contributed by atoms with E-state index in [1.165, 1.54) is 5.57 Å². The topological polar surface area (TPSA) is 77.8 Å². The van der Waals surface area contributed by atoms with Gasteiger partial charge in [-0.15, -0.1) is 0 Å². The molecule has 2 saturated carbocycles. The summed E-state index contributed by atoms with van der Waals surface area (Å²) >= 11 is 0. The van der Waals surface area contributed by atoms with Crippen LogP contribution in [0.5, 0.6) is 0 Å². The van der Waals surface area contributed by atoms with Crippen molar-refractivity contribution in [3.8, 4) is 0 Å². The van der Waals surface area contributed by atoms with Crippen molar-refractivity contribution in [1.29, 1.82) is 0 Å². The van der Waals surface area contributed by atoms with Gasteiger partial charge in [0.1, 0.15) is 0 Å². The third-order valence-electron chi connectivity index (χ3n) is 6.27. The van der Waals surface area contributed by atoms with Crippen LogP contribution in [0.3, 0.4) is 0 Å². The minimum absolute atomic E-state index is 0.0991. The largest absolute Gasteiger partial charge is 0.478 e. The molecule has 0 saturated heterocycles. The Bertz CT molecular complexity index is 736. The summed E-state index contributed by atoms with van der Waals surface area (Å²) < 4.78 is 0. The molecule has 28 heavy (non-hydrogen) atoms. The Balaban J connectivity index is 1.64. The van der Waals surface area contributed by atoms with Crippen LogP contribution < -0.4 is 0 Å². The molecule has 2 aliphatic carbocycles. The van der Waals surface area contributed by atoms with Crippen LogP contribution in [0.4, 0.5) is 0 Å². The van der Waals surface area contributed by atoms with Gasteiger partial charge in [-0.1, -0.05) is 62.1 Å². The Kier molecular flexibility index (Phi) is 7.08. The molecular weight excluding hydrogens is 352 g/mol. The van der Waals surface area contributed by atoms with Gasteiger partial charge in [-0.2, -0.15) is 0 Å². The van der Waals surface area contributed by atoms with Crippen LogP contribution in [0, 0.1) is 17.8 Å². The quantitative estimate of drug-likeness (QED) is 0.449. The number of rotatable bonds is 8. The maximum Gasteiger partial charge on any atom is 0.335 e. The molecule has 1 aromatic rings. The number of aromatic carboxylic acids is 1. The summed E-state index contributed by atoms with van der Waals surface area (Å²) in [4.78, 5) is 11.2. The lowest BCUT2D eigenvalue weighted by Crippen LogP contribution is -2.17. The number of aliphatic hydroxyl groups is 2. The van der Waals surface area contributed by atoms with Gasteiger partial charge in [-0.05, 0) is 55.2 Å². The summed E-state index contributed by atoms with van der Waals surface area (Å²) in [7, 11) is 0. The standard InChI is InChI=1S/C24H32O4/c1-2-3-4-8-20(25)9-10-21-22-14-17(13-19(22)15-23(21)26)11-16-6-5-7-18(12-16)24(27)28/h5-7,9-12,19-23,25-26H,2-4,8,13-15H2,1H3,(H,27,28)/b10-9+,17-11?/t19-,20+,21+,22-,23+/m1/s1. The molecule has 0 aromatic heterocycles. The zero-order chi connectivity index (χ0) is 20.1. The molecule has 0 amide bonds. The molecular formula is C24H32O4. The van der Waals surface area contributed by atoms with Crippen LogP contribution in [0.15, 0.2) is 42.0 Å². The third-order valence-corrected chi connectivity index (χ3v) is 6.27. The second kappa shape index (κ2) is 9.53. The van der Waals surface area contributed by atoms with Gasteiger partial charge in [0.15, 0.2) is 0 Å². The van der Waals surface area contributed by atoms with E-state index in [9.17, 15) is 15.0 Å². The number of carbonyl (C=O) groups is 1. The van der Waals surface area contributed by atoms with Gasteiger partial charge in [0.25, 0.3) is 0 Å². The van der Waals surface area contributed by atoms with E-state index in [0.717, 1.165) is 50.5 Å².